The number of nitrogens with one attached hydrogen (secondary N) is 1. The second-order valence-corrected chi connectivity index (χ2v) is 5.89. The number of rotatable bonds is 6. The molecule has 0 spiro atoms. The van der Waals surface area contributed by atoms with Gasteiger partial charge < -0.3 is 14.5 Å². The number of fused-ring (bicyclic) bond motifs is 1. The second kappa shape index (κ2) is 7.85. The standard InChI is InChI=1S/C19H16ClNO4/c20-15-7-5-13(6-8-15)9-10-21-18(22)12-24-19(23)17-11-14-3-1-2-4-16(14)25-17/h1-8,11H,9-10,12H2,(H,21,22). The molecule has 0 saturated heterocycles. The first kappa shape index (κ1) is 17.0. The molecule has 2 aromatic carbocycles. The van der Waals surface area contributed by atoms with Gasteiger partial charge in [-0.3, -0.25) is 4.79 Å². The highest BCUT2D eigenvalue weighted by molar-refractivity contribution is 6.30. The molecule has 0 aliphatic heterocycles. The number of hydrogen-bond acceptors (Lipinski definition) is 4. The summed E-state index contributed by atoms with van der Waals surface area (Å²) in [6.45, 7) is 0.0964. The number of ether oxygens (including phenoxy) is 1. The minimum absolute atomic E-state index is 0.0789. The molecule has 0 aliphatic rings. The summed E-state index contributed by atoms with van der Waals surface area (Å²) in [4.78, 5) is 23.7. The van der Waals surface area contributed by atoms with Gasteiger partial charge in [0.05, 0.1) is 0 Å². The van der Waals surface area contributed by atoms with Crippen LogP contribution in [0.2, 0.25) is 5.02 Å². The molecule has 0 aliphatic carbocycles. The number of benzene rings is 2. The maximum atomic E-state index is 11.9. The normalized spacial score (nSPS) is 10.6. The highest BCUT2D eigenvalue weighted by Crippen LogP contribution is 2.19. The number of carbonyl (C=O) groups excluding carboxylic acids is 2. The maximum absolute atomic E-state index is 11.9. The van der Waals surface area contributed by atoms with Crippen LogP contribution >= 0.6 is 11.6 Å². The molecule has 5 nitrogen and oxygen atoms in total. The van der Waals surface area contributed by atoms with Gasteiger partial charge in [-0.15, -0.1) is 0 Å². The molecule has 0 unspecified atom stereocenters. The van der Waals surface area contributed by atoms with Crippen LogP contribution in [-0.2, 0) is 16.0 Å². The van der Waals surface area contributed by atoms with E-state index in [0.29, 0.717) is 23.6 Å². The van der Waals surface area contributed by atoms with Crippen LogP contribution in [0.25, 0.3) is 11.0 Å². The number of hydrogen-bond donors (Lipinski definition) is 1. The summed E-state index contributed by atoms with van der Waals surface area (Å²) in [5, 5.41) is 4.18. The third-order valence-corrected chi connectivity index (χ3v) is 3.86. The molecule has 3 aromatic rings. The quantitative estimate of drug-likeness (QED) is 0.684. The first-order chi connectivity index (χ1) is 12.1. The number of halogens is 1. The van der Waals surface area contributed by atoms with Gasteiger partial charge in [0.2, 0.25) is 5.76 Å². The van der Waals surface area contributed by atoms with Crippen molar-refractivity contribution in [3.63, 3.8) is 0 Å². The zero-order valence-electron chi connectivity index (χ0n) is 13.3. The van der Waals surface area contributed by atoms with Crippen molar-refractivity contribution in [3.8, 4) is 0 Å². The van der Waals surface area contributed by atoms with Gasteiger partial charge in [0.25, 0.3) is 5.91 Å². The van der Waals surface area contributed by atoms with Crippen molar-refractivity contribution in [1.29, 1.82) is 0 Å². The summed E-state index contributed by atoms with van der Waals surface area (Å²) >= 11 is 5.82. The van der Waals surface area contributed by atoms with Crippen LogP contribution in [0.15, 0.2) is 59.0 Å². The Morgan fingerprint density at radius 2 is 1.84 bits per heavy atom. The summed E-state index contributed by atoms with van der Waals surface area (Å²) in [5.74, 6) is -0.947. The van der Waals surface area contributed by atoms with Crippen molar-refractivity contribution in [2.75, 3.05) is 13.2 Å². The fraction of sp³-hybridized carbons (Fsp3) is 0.158. The van der Waals surface area contributed by atoms with Gasteiger partial charge in [0.15, 0.2) is 6.61 Å². The highest BCUT2D eigenvalue weighted by Gasteiger charge is 2.15. The number of carbonyl (C=O) groups is 2. The molecular formula is C19H16ClNO4. The lowest BCUT2D eigenvalue weighted by atomic mass is 10.1. The SMILES string of the molecule is O=C(COC(=O)c1cc2ccccc2o1)NCCc1ccc(Cl)cc1. The van der Waals surface area contributed by atoms with Crippen LogP contribution in [0.1, 0.15) is 16.1 Å². The molecule has 1 aromatic heterocycles. The number of furan rings is 1. The summed E-state index contributed by atoms with van der Waals surface area (Å²) in [7, 11) is 0. The zero-order valence-corrected chi connectivity index (χ0v) is 14.1. The van der Waals surface area contributed by atoms with Crippen molar-refractivity contribution < 1.29 is 18.7 Å². The van der Waals surface area contributed by atoms with E-state index in [0.717, 1.165) is 10.9 Å². The average molecular weight is 358 g/mol. The highest BCUT2D eigenvalue weighted by atomic mass is 35.5. The van der Waals surface area contributed by atoms with Gasteiger partial charge in [-0.05, 0) is 36.2 Å². The first-order valence-electron chi connectivity index (χ1n) is 7.79. The zero-order chi connectivity index (χ0) is 17.6. The van der Waals surface area contributed by atoms with Gasteiger partial charge in [0, 0.05) is 17.0 Å². The van der Waals surface area contributed by atoms with E-state index in [-0.39, 0.29) is 18.3 Å². The largest absolute Gasteiger partial charge is 0.450 e. The lowest BCUT2D eigenvalue weighted by molar-refractivity contribution is -0.124. The van der Waals surface area contributed by atoms with Crippen molar-refractivity contribution in [2.45, 2.75) is 6.42 Å². The average Bonchev–Trinajstić information content (AvgIpc) is 3.05. The van der Waals surface area contributed by atoms with Gasteiger partial charge in [-0.2, -0.15) is 0 Å². The Kier molecular flexibility index (Phi) is 5.36. The topological polar surface area (TPSA) is 68.5 Å². The Bertz CT molecular complexity index is 853. The van der Waals surface area contributed by atoms with Crippen molar-refractivity contribution in [1.82, 2.24) is 5.32 Å². The minimum atomic E-state index is -0.663. The second-order valence-electron chi connectivity index (χ2n) is 5.45. The van der Waals surface area contributed by atoms with E-state index < -0.39 is 5.97 Å². The molecule has 128 valence electrons. The fourth-order valence-corrected chi connectivity index (χ4v) is 2.46. The van der Waals surface area contributed by atoms with Crippen molar-refractivity contribution in [3.05, 3.63) is 70.9 Å². The van der Waals surface area contributed by atoms with E-state index in [1.807, 2.05) is 30.3 Å². The van der Waals surface area contributed by atoms with E-state index in [1.165, 1.54) is 0 Å². The third kappa shape index (κ3) is 4.61. The Morgan fingerprint density at radius 1 is 1.08 bits per heavy atom. The van der Waals surface area contributed by atoms with Crippen LogP contribution in [0.4, 0.5) is 0 Å². The molecule has 0 radical (unpaired) electrons. The smallest absolute Gasteiger partial charge is 0.374 e. The van der Waals surface area contributed by atoms with E-state index in [1.54, 1.807) is 24.3 Å². The van der Waals surface area contributed by atoms with E-state index in [2.05, 4.69) is 5.32 Å². The molecule has 25 heavy (non-hydrogen) atoms. The Morgan fingerprint density at radius 3 is 2.60 bits per heavy atom. The van der Waals surface area contributed by atoms with Crippen molar-refractivity contribution in [2.24, 2.45) is 0 Å². The maximum Gasteiger partial charge on any atom is 0.374 e. The number of amides is 1. The third-order valence-electron chi connectivity index (χ3n) is 3.61. The fourth-order valence-electron chi connectivity index (χ4n) is 2.33. The lowest BCUT2D eigenvalue weighted by Crippen LogP contribution is -2.30. The van der Waals surface area contributed by atoms with Crippen LogP contribution in [0.5, 0.6) is 0 Å². The minimum Gasteiger partial charge on any atom is -0.450 e. The number of esters is 1. The molecule has 6 heteroatoms. The van der Waals surface area contributed by atoms with Gasteiger partial charge in [-0.1, -0.05) is 41.9 Å². The summed E-state index contributed by atoms with van der Waals surface area (Å²) in [6.07, 6.45) is 0.667. The lowest BCUT2D eigenvalue weighted by Gasteiger charge is -2.06. The molecule has 0 atom stereocenters. The monoisotopic (exact) mass is 357 g/mol. The summed E-state index contributed by atoms with van der Waals surface area (Å²) in [6, 6.07) is 16.2. The molecule has 0 saturated carbocycles. The Balaban J connectivity index is 1.43. The van der Waals surface area contributed by atoms with Crippen LogP contribution in [-0.4, -0.2) is 25.0 Å². The molecular weight excluding hydrogens is 342 g/mol. The molecule has 0 fully saturated rings. The molecule has 1 N–H and O–H groups in total. The van der Waals surface area contributed by atoms with Gasteiger partial charge in [-0.25, -0.2) is 4.79 Å². The predicted molar refractivity (Wildman–Crippen MR) is 94.7 cm³/mol. The van der Waals surface area contributed by atoms with E-state index in [4.69, 9.17) is 20.8 Å². The van der Waals surface area contributed by atoms with Crippen molar-refractivity contribution >= 4 is 34.4 Å². The van der Waals surface area contributed by atoms with Crippen LogP contribution in [0, 0.1) is 0 Å². The van der Waals surface area contributed by atoms with Crippen LogP contribution in [0.3, 0.4) is 0 Å². The van der Waals surface area contributed by atoms with Gasteiger partial charge >= 0.3 is 5.97 Å². The predicted octanol–water partition coefficient (Wildman–Crippen LogP) is 3.60. The molecule has 1 amide bonds. The molecule has 1 heterocycles. The first-order valence-corrected chi connectivity index (χ1v) is 8.16. The molecule has 0 bridgehead atoms. The van der Waals surface area contributed by atoms with E-state index in [9.17, 15) is 9.59 Å². The number of para-hydroxylation sites is 1. The molecule has 3 rings (SSSR count). The van der Waals surface area contributed by atoms with E-state index >= 15 is 0 Å². The summed E-state index contributed by atoms with van der Waals surface area (Å²) < 4.78 is 10.4. The Labute approximate surface area is 149 Å². The Hall–Kier alpha value is -2.79. The summed E-state index contributed by atoms with van der Waals surface area (Å²) in [5.41, 5.74) is 1.66. The van der Waals surface area contributed by atoms with Crippen LogP contribution < -0.4 is 5.32 Å². The van der Waals surface area contributed by atoms with Gasteiger partial charge in [0.1, 0.15) is 5.58 Å².